The standard InChI is InChI=1S/C24H34N4O3/c1-18(2)28-23-10-15-30-17-21(23)22(26-28)5-6-24(29)27(16-20-4-3-14-31-20)13-9-19-7-11-25-12-8-19/h7-8,11-12,18,20H,3-6,9-10,13-17H2,1-2H3. The monoisotopic (exact) mass is 426 g/mol. The number of fused-ring (bicyclic) bond motifs is 1. The quantitative estimate of drug-likeness (QED) is 0.616. The normalized spacial score (nSPS) is 18.4. The number of pyridine rings is 1. The van der Waals surface area contributed by atoms with Crippen LogP contribution in [0.1, 0.15) is 61.7 Å². The van der Waals surface area contributed by atoms with Crippen molar-refractivity contribution < 1.29 is 14.3 Å². The summed E-state index contributed by atoms with van der Waals surface area (Å²) in [7, 11) is 0. The minimum atomic E-state index is 0.155. The van der Waals surface area contributed by atoms with Gasteiger partial charge in [-0.1, -0.05) is 0 Å². The summed E-state index contributed by atoms with van der Waals surface area (Å²) in [6.45, 7) is 7.83. The summed E-state index contributed by atoms with van der Waals surface area (Å²) in [6, 6.07) is 4.34. The lowest BCUT2D eigenvalue weighted by Gasteiger charge is -2.25. The summed E-state index contributed by atoms with van der Waals surface area (Å²) in [5.74, 6) is 0.175. The second-order valence-corrected chi connectivity index (χ2v) is 8.79. The first kappa shape index (κ1) is 22.0. The van der Waals surface area contributed by atoms with E-state index in [1.807, 2.05) is 17.0 Å². The van der Waals surface area contributed by atoms with Gasteiger partial charge in [0.2, 0.25) is 5.91 Å². The third-order valence-electron chi connectivity index (χ3n) is 6.22. The Morgan fingerprint density at radius 2 is 2.10 bits per heavy atom. The summed E-state index contributed by atoms with van der Waals surface area (Å²) in [4.78, 5) is 19.3. The molecule has 0 bridgehead atoms. The van der Waals surface area contributed by atoms with Crippen LogP contribution in [0.3, 0.4) is 0 Å². The van der Waals surface area contributed by atoms with Crippen LogP contribution in [-0.4, -0.2) is 58.0 Å². The van der Waals surface area contributed by atoms with Crippen molar-refractivity contribution in [2.75, 3.05) is 26.3 Å². The topological polar surface area (TPSA) is 69.5 Å². The molecule has 2 aromatic heterocycles. The number of carbonyl (C=O) groups is 1. The molecule has 4 heterocycles. The van der Waals surface area contributed by atoms with Gasteiger partial charge in [-0.15, -0.1) is 0 Å². The van der Waals surface area contributed by atoms with Crippen molar-refractivity contribution in [3.63, 3.8) is 0 Å². The highest BCUT2D eigenvalue weighted by atomic mass is 16.5. The Labute approximate surface area is 184 Å². The molecule has 1 fully saturated rings. The van der Waals surface area contributed by atoms with Crippen LogP contribution in [-0.2, 0) is 40.1 Å². The van der Waals surface area contributed by atoms with Crippen LogP contribution < -0.4 is 0 Å². The Kier molecular flexibility index (Phi) is 7.35. The van der Waals surface area contributed by atoms with Gasteiger partial charge in [-0.05, 0) is 50.8 Å². The number of nitrogens with zero attached hydrogens (tertiary/aromatic N) is 4. The molecule has 0 aliphatic carbocycles. The third kappa shape index (κ3) is 5.52. The highest BCUT2D eigenvalue weighted by molar-refractivity contribution is 5.76. The van der Waals surface area contributed by atoms with Crippen LogP contribution in [0, 0.1) is 0 Å². The maximum Gasteiger partial charge on any atom is 0.223 e. The van der Waals surface area contributed by atoms with Gasteiger partial charge in [0.15, 0.2) is 0 Å². The minimum Gasteiger partial charge on any atom is -0.376 e. The van der Waals surface area contributed by atoms with E-state index in [1.165, 1.54) is 16.8 Å². The molecule has 2 aromatic rings. The van der Waals surface area contributed by atoms with E-state index in [0.717, 1.165) is 44.6 Å². The molecule has 0 spiro atoms. The van der Waals surface area contributed by atoms with Gasteiger partial charge in [-0.2, -0.15) is 5.10 Å². The zero-order valence-electron chi connectivity index (χ0n) is 18.8. The lowest BCUT2D eigenvalue weighted by atomic mass is 10.1. The average Bonchev–Trinajstić information content (AvgIpc) is 3.43. The van der Waals surface area contributed by atoms with Crippen molar-refractivity contribution in [3.8, 4) is 0 Å². The molecule has 7 heteroatoms. The van der Waals surface area contributed by atoms with Crippen LogP contribution in [0.5, 0.6) is 0 Å². The van der Waals surface area contributed by atoms with E-state index >= 15 is 0 Å². The first-order chi connectivity index (χ1) is 15.1. The number of amides is 1. The van der Waals surface area contributed by atoms with Crippen molar-refractivity contribution >= 4 is 5.91 Å². The molecule has 1 atom stereocenters. The van der Waals surface area contributed by atoms with Crippen molar-refractivity contribution in [2.24, 2.45) is 0 Å². The molecule has 7 nitrogen and oxygen atoms in total. The van der Waals surface area contributed by atoms with E-state index in [4.69, 9.17) is 14.6 Å². The van der Waals surface area contributed by atoms with Crippen molar-refractivity contribution in [2.45, 2.75) is 71.1 Å². The molecule has 168 valence electrons. The molecular weight excluding hydrogens is 392 g/mol. The number of rotatable bonds is 9. The fraction of sp³-hybridized carbons (Fsp3) is 0.625. The lowest BCUT2D eigenvalue weighted by Crippen LogP contribution is -2.39. The summed E-state index contributed by atoms with van der Waals surface area (Å²) in [5.41, 5.74) is 4.68. The molecule has 31 heavy (non-hydrogen) atoms. The largest absolute Gasteiger partial charge is 0.376 e. The van der Waals surface area contributed by atoms with Gasteiger partial charge in [-0.25, -0.2) is 0 Å². The molecule has 1 saturated heterocycles. The van der Waals surface area contributed by atoms with Crippen LogP contribution >= 0.6 is 0 Å². The van der Waals surface area contributed by atoms with Crippen molar-refractivity contribution in [1.29, 1.82) is 0 Å². The number of ether oxygens (including phenoxy) is 2. The Morgan fingerprint density at radius 3 is 2.84 bits per heavy atom. The van der Waals surface area contributed by atoms with E-state index in [2.05, 4.69) is 23.5 Å². The maximum atomic E-state index is 13.2. The van der Waals surface area contributed by atoms with Crippen LogP contribution in [0.2, 0.25) is 0 Å². The number of carbonyl (C=O) groups excluding carboxylic acids is 1. The van der Waals surface area contributed by atoms with Gasteiger partial charge in [0.05, 0.1) is 25.0 Å². The Hall–Kier alpha value is -2.25. The summed E-state index contributed by atoms with van der Waals surface area (Å²) >= 11 is 0. The van der Waals surface area contributed by atoms with Crippen LogP contribution in [0.25, 0.3) is 0 Å². The minimum absolute atomic E-state index is 0.155. The van der Waals surface area contributed by atoms with Gasteiger partial charge < -0.3 is 14.4 Å². The zero-order valence-corrected chi connectivity index (χ0v) is 18.8. The fourth-order valence-electron chi connectivity index (χ4n) is 4.51. The van der Waals surface area contributed by atoms with Gasteiger partial charge in [-0.3, -0.25) is 14.5 Å². The second-order valence-electron chi connectivity index (χ2n) is 8.79. The molecule has 0 saturated carbocycles. The molecular formula is C24H34N4O3. The highest BCUT2D eigenvalue weighted by Gasteiger charge is 2.25. The Morgan fingerprint density at radius 1 is 1.26 bits per heavy atom. The van der Waals surface area contributed by atoms with E-state index < -0.39 is 0 Å². The first-order valence-corrected chi connectivity index (χ1v) is 11.6. The molecule has 1 amide bonds. The zero-order chi connectivity index (χ0) is 21.6. The highest BCUT2D eigenvalue weighted by Crippen LogP contribution is 2.25. The van der Waals surface area contributed by atoms with Crippen molar-refractivity contribution in [3.05, 3.63) is 47.0 Å². The van der Waals surface area contributed by atoms with Gasteiger partial charge in [0.25, 0.3) is 0 Å². The smallest absolute Gasteiger partial charge is 0.223 e. The van der Waals surface area contributed by atoms with Crippen LogP contribution in [0.15, 0.2) is 24.5 Å². The summed E-state index contributed by atoms with van der Waals surface area (Å²) in [5, 5.41) is 4.85. The van der Waals surface area contributed by atoms with Crippen molar-refractivity contribution in [1.82, 2.24) is 19.7 Å². The van der Waals surface area contributed by atoms with E-state index in [1.54, 1.807) is 12.4 Å². The van der Waals surface area contributed by atoms with Gasteiger partial charge >= 0.3 is 0 Å². The Balaban J connectivity index is 1.42. The van der Waals surface area contributed by atoms with E-state index in [0.29, 0.717) is 38.6 Å². The predicted octanol–water partition coefficient (Wildman–Crippen LogP) is 3.11. The second kappa shape index (κ2) is 10.4. The molecule has 1 unspecified atom stereocenters. The molecule has 0 N–H and O–H groups in total. The summed E-state index contributed by atoms with van der Waals surface area (Å²) in [6.07, 6.45) is 8.71. The fourth-order valence-corrected chi connectivity index (χ4v) is 4.51. The SMILES string of the molecule is CC(C)n1nc(CCC(=O)N(CCc2ccncc2)CC2CCCO2)c2c1CCOC2. The summed E-state index contributed by atoms with van der Waals surface area (Å²) < 4.78 is 13.6. The van der Waals surface area contributed by atoms with Gasteiger partial charge in [0.1, 0.15) is 0 Å². The third-order valence-corrected chi connectivity index (χ3v) is 6.22. The lowest BCUT2D eigenvalue weighted by molar-refractivity contribution is -0.132. The molecule has 2 aliphatic heterocycles. The van der Waals surface area contributed by atoms with Crippen LogP contribution in [0.4, 0.5) is 0 Å². The average molecular weight is 427 g/mol. The Bertz CT molecular complexity index is 859. The number of hydrogen-bond acceptors (Lipinski definition) is 5. The molecule has 4 rings (SSSR count). The number of hydrogen-bond donors (Lipinski definition) is 0. The van der Waals surface area contributed by atoms with E-state index in [-0.39, 0.29) is 12.0 Å². The number of aryl methyl sites for hydroxylation is 1. The molecule has 0 radical (unpaired) electrons. The first-order valence-electron chi connectivity index (χ1n) is 11.6. The predicted molar refractivity (Wildman–Crippen MR) is 118 cm³/mol. The van der Waals surface area contributed by atoms with E-state index in [9.17, 15) is 4.79 Å². The molecule has 2 aliphatic rings. The maximum absolute atomic E-state index is 13.2. The molecule has 0 aromatic carbocycles. The number of aromatic nitrogens is 3. The van der Waals surface area contributed by atoms with Gasteiger partial charge in [0, 0.05) is 68.7 Å².